The Kier molecular flexibility index (Phi) is 6.71. The smallest absolute Gasteiger partial charge is 0.239 e. The third-order valence-electron chi connectivity index (χ3n) is 6.32. The molecule has 0 saturated heterocycles. The van der Waals surface area contributed by atoms with Gasteiger partial charge in [0.15, 0.2) is 0 Å². The number of thiophene rings is 1. The van der Waals surface area contributed by atoms with Crippen molar-refractivity contribution in [3.05, 3.63) is 106 Å². The topological polar surface area (TPSA) is 95.5 Å². The largest absolute Gasteiger partial charge is 0.390 e. The van der Waals surface area contributed by atoms with E-state index in [1.165, 1.54) is 0 Å². The molecule has 35 heavy (non-hydrogen) atoms. The molecule has 0 bridgehead atoms. The van der Waals surface area contributed by atoms with Gasteiger partial charge in [-0.1, -0.05) is 72.8 Å². The number of amides is 1. The Morgan fingerprint density at radius 3 is 2.54 bits per heavy atom. The zero-order valence-electron chi connectivity index (χ0n) is 18.9. The number of aliphatic hydroxyl groups is 1. The van der Waals surface area contributed by atoms with Crippen LogP contribution in [-0.4, -0.2) is 31.6 Å². The predicted molar refractivity (Wildman–Crippen MR) is 139 cm³/mol. The van der Waals surface area contributed by atoms with Gasteiger partial charge in [0, 0.05) is 11.1 Å². The average Bonchev–Trinajstić information content (AvgIpc) is 3.39. The number of hydrogen-bond donors (Lipinski definition) is 3. The minimum absolute atomic E-state index is 0.203. The normalized spacial score (nSPS) is 18.3. The maximum atomic E-state index is 13.5. The summed E-state index contributed by atoms with van der Waals surface area (Å²) in [7, 11) is -3.81. The van der Waals surface area contributed by atoms with Crippen molar-refractivity contribution < 1.29 is 18.3 Å². The van der Waals surface area contributed by atoms with Gasteiger partial charge < -0.3 is 10.4 Å². The maximum absolute atomic E-state index is 13.5. The summed E-state index contributed by atoms with van der Waals surface area (Å²) in [5.41, 5.74) is 3.39. The fraction of sp³-hybridized carbons (Fsp3) is 0.222. The maximum Gasteiger partial charge on any atom is 0.239 e. The Balaban J connectivity index is 1.41. The summed E-state index contributed by atoms with van der Waals surface area (Å²) in [5, 5.41) is 16.5. The first-order valence-corrected chi connectivity index (χ1v) is 14.0. The van der Waals surface area contributed by atoms with Crippen LogP contribution in [-0.2, 0) is 33.4 Å². The lowest BCUT2D eigenvalue weighted by atomic mass is 10.0. The molecule has 1 aromatic heterocycles. The number of carbonyl (C=O) groups is 1. The second-order valence-electron chi connectivity index (χ2n) is 8.83. The van der Waals surface area contributed by atoms with Gasteiger partial charge in [-0.3, -0.25) is 4.79 Å². The molecule has 1 amide bonds. The lowest BCUT2D eigenvalue weighted by molar-refractivity contribution is -0.124. The molecule has 1 aliphatic rings. The summed E-state index contributed by atoms with van der Waals surface area (Å²) in [5.74, 6) is -0.686. The molecule has 3 aromatic carbocycles. The molecule has 3 atom stereocenters. The van der Waals surface area contributed by atoms with E-state index in [1.54, 1.807) is 35.6 Å². The van der Waals surface area contributed by atoms with E-state index in [0.717, 1.165) is 26.8 Å². The number of nitrogens with one attached hydrogen (secondary N) is 2. The molecule has 1 aliphatic carbocycles. The van der Waals surface area contributed by atoms with E-state index in [1.807, 2.05) is 60.0 Å². The van der Waals surface area contributed by atoms with Crippen molar-refractivity contribution in [3.8, 4) is 0 Å². The van der Waals surface area contributed by atoms with Crippen molar-refractivity contribution in [1.29, 1.82) is 0 Å². The van der Waals surface area contributed by atoms with E-state index < -0.39 is 34.1 Å². The van der Waals surface area contributed by atoms with Crippen LogP contribution in [0.5, 0.6) is 0 Å². The van der Waals surface area contributed by atoms with Crippen LogP contribution in [0.4, 0.5) is 0 Å². The summed E-state index contributed by atoms with van der Waals surface area (Å²) >= 11 is 1.56. The number of hydrogen-bond acceptors (Lipinski definition) is 5. The molecule has 0 aliphatic heterocycles. The van der Waals surface area contributed by atoms with Gasteiger partial charge in [-0.25, -0.2) is 13.1 Å². The summed E-state index contributed by atoms with van der Waals surface area (Å²) in [6, 6.07) is 22.7. The SMILES string of the molecule is O=C(NC1c2ccccc2CC1O)C(Cc1csc2ccccc12)NS(=O)(=O)Cc1ccccc1. The van der Waals surface area contributed by atoms with E-state index >= 15 is 0 Å². The van der Waals surface area contributed by atoms with Crippen LogP contribution >= 0.6 is 11.3 Å². The molecule has 0 fully saturated rings. The van der Waals surface area contributed by atoms with E-state index in [2.05, 4.69) is 10.0 Å². The van der Waals surface area contributed by atoms with Gasteiger partial charge in [-0.2, -0.15) is 0 Å². The van der Waals surface area contributed by atoms with Gasteiger partial charge in [-0.15, -0.1) is 11.3 Å². The van der Waals surface area contributed by atoms with Gasteiger partial charge in [0.2, 0.25) is 15.9 Å². The van der Waals surface area contributed by atoms with Crippen molar-refractivity contribution in [2.75, 3.05) is 0 Å². The van der Waals surface area contributed by atoms with E-state index in [9.17, 15) is 18.3 Å². The van der Waals surface area contributed by atoms with Gasteiger partial charge in [0.25, 0.3) is 0 Å². The quantitative estimate of drug-likeness (QED) is 0.340. The van der Waals surface area contributed by atoms with Gasteiger partial charge in [-0.05, 0) is 45.5 Å². The summed E-state index contributed by atoms with van der Waals surface area (Å²) in [4.78, 5) is 13.5. The Hall–Kier alpha value is -3.04. The Bertz CT molecular complexity index is 1450. The number of carbonyl (C=O) groups excluding carboxylic acids is 1. The molecule has 5 rings (SSSR count). The van der Waals surface area contributed by atoms with Crippen LogP contribution in [0, 0.1) is 0 Å². The predicted octanol–water partition coefficient (Wildman–Crippen LogP) is 3.71. The van der Waals surface area contributed by atoms with Crippen molar-refractivity contribution in [2.24, 2.45) is 0 Å². The van der Waals surface area contributed by atoms with Crippen molar-refractivity contribution in [3.63, 3.8) is 0 Å². The Morgan fingerprint density at radius 1 is 1.00 bits per heavy atom. The molecule has 3 unspecified atom stereocenters. The zero-order valence-corrected chi connectivity index (χ0v) is 20.6. The van der Waals surface area contributed by atoms with Crippen LogP contribution < -0.4 is 10.0 Å². The Labute approximate surface area is 208 Å². The summed E-state index contributed by atoms with van der Waals surface area (Å²) in [6.45, 7) is 0. The first-order valence-electron chi connectivity index (χ1n) is 11.4. The summed E-state index contributed by atoms with van der Waals surface area (Å²) in [6.07, 6.45) is -0.116. The third kappa shape index (κ3) is 5.31. The van der Waals surface area contributed by atoms with Crippen LogP contribution in [0.15, 0.2) is 84.2 Å². The van der Waals surface area contributed by atoms with E-state index in [-0.39, 0.29) is 12.2 Å². The van der Waals surface area contributed by atoms with Gasteiger partial charge >= 0.3 is 0 Å². The standard InChI is InChI=1S/C27H26N2O4S2/c30-24-15-19-10-4-5-12-22(19)26(24)28-27(31)23(14-20-16-34-25-13-7-6-11-21(20)25)29-35(32,33)17-18-8-2-1-3-9-18/h1-13,16,23-24,26,29-30H,14-15,17H2,(H,28,31). The third-order valence-corrected chi connectivity index (χ3v) is 8.69. The molecule has 180 valence electrons. The van der Waals surface area contributed by atoms with Crippen LogP contribution in [0.2, 0.25) is 0 Å². The molecule has 0 saturated carbocycles. The highest BCUT2D eigenvalue weighted by Gasteiger charge is 2.35. The van der Waals surface area contributed by atoms with Crippen molar-refractivity contribution in [1.82, 2.24) is 10.0 Å². The van der Waals surface area contributed by atoms with E-state index in [4.69, 9.17) is 0 Å². The molecular formula is C27H26N2O4S2. The van der Waals surface area contributed by atoms with Crippen LogP contribution in [0.1, 0.15) is 28.3 Å². The molecular weight excluding hydrogens is 480 g/mol. The molecule has 6 nitrogen and oxygen atoms in total. The minimum atomic E-state index is -3.81. The number of benzene rings is 3. The fourth-order valence-corrected chi connectivity index (χ4v) is 6.97. The molecule has 0 radical (unpaired) electrons. The highest BCUT2D eigenvalue weighted by molar-refractivity contribution is 7.88. The van der Waals surface area contributed by atoms with E-state index in [0.29, 0.717) is 12.0 Å². The molecule has 1 heterocycles. The highest BCUT2D eigenvalue weighted by atomic mass is 32.2. The zero-order chi connectivity index (χ0) is 24.4. The van der Waals surface area contributed by atoms with Crippen LogP contribution in [0.25, 0.3) is 10.1 Å². The second-order valence-corrected chi connectivity index (χ2v) is 11.5. The van der Waals surface area contributed by atoms with Crippen molar-refractivity contribution in [2.45, 2.75) is 36.8 Å². The number of rotatable bonds is 8. The summed E-state index contributed by atoms with van der Waals surface area (Å²) < 4.78 is 29.9. The van der Waals surface area contributed by atoms with Crippen LogP contribution in [0.3, 0.4) is 0 Å². The Morgan fingerprint density at radius 2 is 1.71 bits per heavy atom. The molecule has 0 spiro atoms. The molecule has 8 heteroatoms. The number of sulfonamides is 1. The average molecular weight is 507 g/mol. The first-order chi connectivity index (χ1) is 16.9. The minimum Gasteiger partial charge on any atom is -0.390 e. The first kappa shape index (κ1) is 23.7. The number of fused-ring (bicyclic) bond motifs is 2. The molecule has 3 N–H and O–H groups in total. The monoisotopic (exact) mass is 506 g/mol. The lowest BCUT2D eigenvalue weighted by Gasteiger charge is -2.23. The van der Waals surface area contributed by atoms with Gasteiger partial charge in [0.1, 0.15) is 6.04 Å². The second kappa shape index (κ2) is 9.91. The highest BCUT2D eigenvalue weighted by Crippen LogP contribution is 2.32. The molecule has 4 aromatic rings. The number of aliphatic hydroxyl groups excluding tert-OH is 1. The van der Waals surface area contributed by atoms with Gasteiger partial charge in [0.05, 0.1) is 17.9 Å². The van der Waals surface area contributed by atoms with Crippen molar-refractivity contribution >= 4 is 37.4 Å². The fourth-order valence-electron chi connectivity index (χ4n) is 4.65. The lowest BCUT2D eigenvalue weighted by Crippen LogP contribution is -2.50.